The van der Waals surface area contributed by atoms with Crippen molar-refractivity contribution in [3.05, 3.63) is 23.8 Å². The number of carbonyl (C=O) groups excluding carboxylic acids is 2. The zero-order valence-electron chi connectivity index (χ0n) is 14.2. The van der Waals surface area contributed by atoms with Crippen LogP contribution in [0.3, 0.4) is 0 Å². The summed E-state index contributed by atoms with van der Waals surface area (Å²) in [6.07, 6.45) is 5.03. The van der Waals surface area contributed by atoms with E-state index in [0.717, 1.165) is 49.0 Å². The molecule has 6 heteroatoms. The molecule has 1 aliphatic heterocycles. The lowest BCUT2D eigenvalue weighted by molar-refractivity contribution is -0.119. The minimum Gasteiger partial charge on any atom is -0.326 e. The number of rotatable bonds is 3. The van der Waals surface area contributed by atoms with Crippen molar-refractivity contribution in [2.45, 2.75) is 45.1 Å². The van der Waals surface area contributed by atoms with E-state index in [1.807, 2.05) is 25.1 Å². The van der Waals surface area contributed by atoms with Crippen molar-refractivity contribution < 1.29 is 9.59 Å². The molecule has 2 fully saturated rings. The van der Waals surface area contributed by atoms with E-state index in [-0.39, 0.29) is 23.9 Å². The van der Waals surface area contributed by atoms with Gasteiger partial charge in [-0.05, 0) is 43.9 Å². The average molecular weight is 330 g/mol. The van der Waals surface area contributed by atoms with Crippen molar-refractivity contribution in [1.82, 2.24) is 4.90 Å². The molecule has 1 saturated heterocycles. The predicted molar refractivity (Wildman–Crippen MR) is 95.0 cm³/mol. The highest BCUT2D eigenvalue weighted by Gasteiger charge is 2.25. The third-order valence-electron chi connectivity index (χ3n) is 5.07. The van der Waals surface area contributed by atoms with Crippen LogP contribution in [0.15, 0.2) is 18.2 Å². The number of hydrogen-bond acceptors (Lipinski definition) is 3. The molecule has 0 radical (unpaired) electrons. The van der Waals surface area contributed by atoms with E-state index in [1.165, 1.54) is 0 Å². The fraction of sp³-hybridized carbons (Fsp3) is 0.556. The Kier molecular flexibility index (Phi) is 5.04. The summed E-state index contributed by atoms with van der Waals surface area (Å²) in [5.74, 6) is 0.207. The summed E-state index contributed by atoms with van der Waals surface area (Å²) >= 11 is 0. The molecule has 1 atom stereocenters. The number of urea groups is 1. The molecule has 0 spiro atoms. The van der Waals surface area contributed by atoms with Crippen molar-refractivity contribution in [2.24, 2.45) is 11.7 Å². The second-order valence-corrected chi connectivity index (χ2v) is 6.87. The van der Waals surface area contributed by atoms with Gasteiger partial charge in [0.25, 0.3) is 0 Å². The third-order valence-corrected chi connectivity index (χ3v) is 5.07. The first kappa shape index (κ1) is 16.8. The van der Waals surface area contributed by atoms with Gasteiger partial charge in [-0.15, -0.1) is 0 Å². The maximum Gasteiger partial charge on any atom is 0.321 e. The zero-order chi connectivity index (χ0) is 17.1. The standard InChI is InChI=1S/C18H26N4O2/c1-12-15(20-17(23)13-5-2-3-6-13)7-4-8-16(12)21-18(24)22-10-9-14(19)11-22/h4,7-8,13-14H,2-3,5-6,9-11,19H2,1H3,(H,20,23)(H,21,24)/t14-/m0/s1. The van der Waals surface area contributed by atoms with E-state index >= 15 is 0 Å². The van der Waals surface area contributed by atoms with E-state index in [1.54, 1.807) is 4.90 Å². The lowest BCUT2D eigenvalue weighted by atomic mass is 10.1. The molecule has 1 heterocycles. The van der Waals surface area contributed by atoms with E-state index in [0.29, 0.717) is 13.1 Å². The van der Waals surface area contributed by atoms with Crippen LogP contribution in [0.25, 0.3) is 0 Å². The number of nitrogens with two attached hydrogens (primary N) is 1. The molecule has 1 aliphatic carbocycles. The van der Waals surface area contributed by atoms with Gasteiger partial charge in [0.05, 0.1) is 0 Å². The summed E-state index contributed by atoms with van der Waals surface area (Å²) in [6, 6.07) is 5.51. The molecule has 4 N–H and O–H groups in total. The van der Waals surface area contributed by atoms with E-state index in [2.05, 4.69) is 10.6 Å². The topological polar surface area (TPSA) is 87.5 Å². The number of nitrogens with zero attached hydrogens (tertiary/aromatic N) is 1. The fourth-order valence-electron chi connectivity index (χ4n) is 3.50. The zero-order valence-corrected chi connectivity index (χ0v) is 14.2. The Hall–Kier alpha value is -2.08. The molecular weight excluding hydrogens is 304 g/mol. The number of amides is 3. The van der Waals surface area contributed by atoms with E-state index in [9.17, 15) is 9.59 Å². The van der Waals surface area contributed by atoms with Crippen molar-refractivity contribution in [3.63, 3.8) is 0 Å². The summed E-state index contributed by atoms with van der Waals surface area (Å²) in [6.45, 7) is 3.18. The molecule has 1 aromatic carbocycles. The first-order chi connectivity index (χ1) is 11.5. The summed E-state index contributed by atoms with van der Waals surface area (Å²) in [5.41, 5.74) is 8.22. The van der Waals surface area contributed by atoms with Crippen LogP contribution in [0, 0.1) is 12.8 Å². The molecule has 0 aromatic heterocycles. The van der Waals surface area contributed by atoms with Gasteiger partial charge in [0, 0.05) is 36.4 Å². The SMILES string of the molecule is Cc1c(NC(=O)C2CCCC2)cccc1NC(=O)N1CC[C@H](N)C1. The van der Waals surface area contributed by atoms with Crippen LogP contribution >= 0.6 is 0 Å². The molecular formula is C18H26N4O2. The minimum absolute atomic E-state index is 0.0638. The summed E-state index contributed by atoms with van der Waals surface area (Å²) in [5, 5.41) is 5.95. The Bertz CT molecular complexity index is 625. The summed E-state index contributed by atoms with van der Waals surface area (Å²) in [7, 11) is 0. The normalized spacial score (nSPS) is 21.1. The largest absolute Gasteiger partial charge is 0.326 e. The number of anilines is 2. The number of carbonyl (C=O) groups is 2. The Morgan fingerprint density at radius 3 is 2.42 bits per heavy atom. The van der Waals surface area contributed by atoms with Gasteiger partial charge in [0.15, 0.2) is 0 Å². The van der Waals surface area contributed by atoms with Crippen LogP contribution < -0.4 is 16.4 Å². The van der Waals surface area contributed by atoms with Gasteiger partial charge < -0.3 is 21.3 Å². The van der Waals surface area contributed by atoms with Crippen LogP contribution in [0.1, 0.15) is 37.7 Å². The third kappa shape index (κ3) is 3.70. The van der Waals surface area contributed by atoms with Crippen LogP contribution in [0.4, 0.5) is 16.2 Å². The fourth-order valence-corrected chi connectivity index (χ4v) is 3.50. The van der Waals surface area contributed by atoms with Crippen molar-refractivity contribution in [2.75, 3.05) is 23.7 Å². The highest BCUT2D eigenvalue weighted by atomic mass is 16.2. The van der Waals surface area contributed by atoms with Crippen LogP contribution in [0.2, 0.25) is 0 Å². The van der Waals surface area contributed by atoms with Crippen molar-refractivity contribution in [1.29, 1.82) is 0 Å². The molecule has 1 aromatic rings. The second kappa shape index (κ2) is 7.21. The molecule has 130 valence electrons. The quantitative estimate of drug-likeness (QED) is 0.796. The molecule has 3 amide bonds. The first-order valence-electron chi connectivity index (χ1n) is 8.76. The van der Waals surface area contributed by atoms with E-state index in [4.69, 9.17) is 5.73 Å². The van der Waals surface area contributed by atoms with Crippen LogP contribution in [-0.2, 0) is 4.79 Å². The molecule has 0 unspecified atom stereocenters. The highest BCUT2D eigenvalue weighted by molar-refractivity contribution is 5.96. The van der Waals surface area contributed by atoms with Gasteiger partial charge >= 0.3 is 6.03 Å². The van der Waals surface area contributed by atoms with E-state index < -0.39 is 0 Å². The second-order valence-electron chi connectivity index (χ2n) is 6.87. The van der Waals surface area contributed by atoms with Gasteiger partial charge in [-0.25, -0.2) is 4.79 Å². The lowest BCUT2D eigenvalue weighted by Gasteiger charge is -2.19. The Labute approximate surface area is 142 Å². The van der Waals surface area contributed by atoms with Gasteiger partial charge in [-0.2, -0.15) is 0 Å². The van der Waals surface area contributed by atoms with Gasteiger partial charge in [-0.3, -0.25) is 4.79 Å². The van der Waals surface area contributed by atoms with Gasteiger partial charge in [0.2, 0.25) is 5.91 Å². The summed E-state index contributed by atoms with van der Waals surface area (Å²) in [4.78, 5) is 26.4. The molecule has 2 aliphatic rings. The Morgan fingerprint density at radius 2 is 1.79 bits per heavy atom. The number of likely N-dealkylation sites (tertiary alicyclic amines) is 1. The van der Waals surface area contributed by atoms with Crippen molar-refractivity contribution >= 4 is 23.3 Å². The molecule has 3 rings (SSSR count). The van der Waals surface area contributed by atoms with Crippen LogP contribution in [0.5, 0.6) is 0 Å². The maximum absolute atomic E-state index is 12.3. The van der Waals surface area contributed by atoms with Crippen LogP contribution in [-0.4, -0.2) is 36.0 Å². The average Bonchev–Trinajstić information content (AvgIpc) is 3.22. The monoisotopic (exact) mass is 330 g/mol. The predicted octanol–water partition coefficient (Wildman–Crippen LogP) is 2.69. The van der Waals surface area contributed by atoms with Gasteiger partial charge in [-0.1, -0.05) is 18.9 Å². The van der Waals surface area contributed by atoms with Crippen molar-refractivity contribution in [3.8, 4) is 0 Å². The Balaban J connectivity index is 1.66. The lowest BCUT2D eigenvalue weighted by Crippen LogP contribution is -2.35. The maximum atomic E-state index is 12.3. The number of benzene rings is 1. The Morgan fingerprint density at radius 1 is 1.12 bits per heavy atom. The molecule has 24 heavy (non-hydrogen) atoms. The molecule has 0 bridgehead atoms. The number of hydrogen-bond donors (Lipinski definition) is 3. The minimum atomic E-state index is -0.134. The highest BCUT2D eigenvalue weighted by Crippen LogP contribution is 2.28. The number of nitrogens with one attached hydrogen (secondary N) is 2. The molecule has 6 nitrogen and oxygen atoms in total. The van der Waals surface area contributed by atoms with Gasteiger partial charge in [0.1, 0.15) is 0 Å². The smallest absolute Gasteiger partial charge is 0.321 e. The first-order valence-corrected chi connectivity index (χ1v) is 8.76. The molecule has 1 saturated carbocycles. The summed E-state index contributed by atoms with van der Waals surface area (Å²) < 4.78 is 0.